The minimum Gasteiger partial charge on any atom is -0.484 e. The van der Waals surface area contributed by atoms with Crippen LogP contribution in [-0.4, -0.2) is 18.1 Å². The summed E-state index contributed by atoms with van der Waals surface area (Å²) in [6, 6.07) is 4.78. The molecule has 0 saturated heterocycles. The lowest BCUT2D eigenvalue weighted by atomic mass is 9.92. The molecule has 1 aromatic rings. The molecular weight excluding hydrogens is 219 g/mol. The fraction of sp³-hybridized carbons (Fsp3) is 0.364. The molecule has 0 radical (unpaired) electrons. The lowest BCUT2D eigenvalue weighted by Gasteiger charge is -2.32. The highest BCUT2D eigenvalue weighted by Crippen LogP contribution is 2.35. The van der Waals surface area contributed by atoms with Crippen molar-refractivity contribution >= 4 is 17.4 Å². The van der Waals surface area contributed by atoms with Gasteiger partial charge in [0.1, 0.15) is 18.0 Å². The fourth-order valence-corrected chi connectivity index (χ4v) is 1.78. The molecule has 1 aliphatic heterocycles. The van der Waals surface area contributed by atoms with E-state index < -0.39 is 12.3 Å². The number of Topliss-reactive ketones (excluding diaryl/α,β-unsaturated/α-hetero) is 1. The Morgan fingerprint density at radius 3 is 3.00 bits per heavy atom. The molecule has 15 heavy (non-hydrogen) atoms. The minimum absolute atomic E-state index is 0.0676. The van der Waals surface area contributed by atoms with E-state index in [0.717, 1.165) is 0 Å². The first-order valence-corrected chi connectivity index (χ1v) is 5.00. The van der Waals surface area contributed by atoms with Gasteiger partial charge in [0.15, 0.2) is 5.78 Å². The lowest BCUT2D eigenvalue weighted by Crippen LogP contribution is -2.41. The first-order chi connectivity index (χ1) is 7.04. The molecule has 2 rings (SSSR count). The van der Waals surface area contributed by atoms with Gasteiger partial charge in [-0.1, -0.05) is 11.6 Å². The number of benzene rings is 1. The molecule has 1 aliphatic rings. The number of carbonyl (C=O) groups is 1. The SMILES string of the molecule is C[C@@]1(CF)CC(=O)c2ccc(Cl)cc2O1. The largest absolute Gasteiger partial charge is 0.484 e. The van der Waals surface area contributed by atoms with Crippen molar-refractivity contribution in [1.82, 2.24) is 0 Å². The Morgan fingerprint density at radius 2 is 2.33 bits per heavy atom. The normalized spacial score (nSPS) is 24.6. The standard InChI is InChI=1S/C11H10ClFO2/c1-11(6-13)5-9(14)8-3-2-7(12)4-10(8)15-11/h2-4H,5-6H2,1H3/t11-/m0/s1. The van der Waals surface area contributed by atoms with Crippen molar-refractivity contribution in [3.8, 4) is 5.75 Å². The van der Waals surface area contributed by atoms with Crippen LogP contribution in [0.25, 0.3) is 0 Å². The molecule has 0 N–H and O–H groups in total. The highest BCUT2D eigenvalue weighted by molar-refractivity contribution is 6.30. The van der Waals surface area contributed by atoms with Gasteiger partial charge in [0.2, 0.25) is 0 Å². The third-order valence-corrected chi connectivity index (χ3v) is 2.65. The smallest absolute Gasteiger partial charge is 0.170 e. The van der Waals surface area contributed by atoms with Gasteiger partial charge in [-0.25, -0.2) is 4.39 Å². The fourth-order valence-electron chi connectivity index (χ4n) is 1.62. The summed E-state index contributed by atoms with van der Waals surface area (Å²) in [5.41, 5.74) is -0.570. The third-order valence-electron chi connectivity index (χ3n) is 2.42. The summed E-state index contributed by atoms with van der Waals surface area (Å²) in [6.45, 7) is 0.888. The Labute approximate surface area is 92.0 Å². The van der Waals surface area contributed by atoms with Gasteiger partial charge in [0.25, 0.3) is 0 Å². The summed E-state index contributed by atoms with van der Waals surface area (Å²) in [4.78, 5) is 11.7. The molecule has 0 saturated carbocycles. The molecule has 1 aromatic carbocycles. The van der Waals surface area contributed by atoms with Crippen LogP contribution in [0.1, 0.15) is 23.7 Å². The molecule has 80 valence electrons. The van der Waals surface area contributed by atoms with Gasteiger partial charge in [-0.05, 0) is 25.1 Å². The zero-order valence-electron chi connectivity index (χ0n) is 8.22. The topological polar surface area (TPSA) is 26.3 Å². The number of ketones is 1. The van der Waals surface area contributed by atoms with Crippen molar-refractivity contribution in [3.05, 3.63) is 28.8 Å². The Bertz CT molecular complexity index is 419. The van der Waals surface area contributed by atoms with Crippen LogP contribution in [0.4, 0.5) is 4.39 Å². The van der Waals surface area contributed by atoms with Crippen LogP contribution < -0.4 is 4.74 Å². The van der Waals surface area contributed by atoms with Crippen LogP contribution in [0.5, 0.6) is 5.75 Å². The van der Waals surface area contributed by atoms with Crippen molar-refractivity contribution in [2.24, 2.45) is 0 Å². The summed E-state index contributed by atoms with van der Waals surface area (Å²) >= 11 is 5.78. The highest BCUT2D eigenvalue weighted by atomic mass is 35.5. The second-order valence-electron chi connectivity index (χ2n) is 3.93. The number of halogens is 2. The number of hydrogen-bond acceptors (Lipinski definition) is 2. The molecule has 0 spiro atoms. The van der Waals surface area contributed by atoms with Gasteiger partial charge in [-0.3, -0.25) is 4.79 Å². The predicted octanol–water partition coefficient (Wildman–Crippen LogP) is 3.03. The quantitative estimate of drug-likeness (QED) is 0.739. The Balaban J connectivity index is 2.46. The van der Waals surface area contributed by atoms with Gasteiger partial charge in [0.05, 0.1) is 12.0 Å². The van der Waals surface area contributed by atoms with Crippen molar-refractivity contribution in [3.63, 3.8) is 0 Å². The van der Waals surface area contributed by atoms with E-state index in [9.17, 15) is 9.18 Å². The molecule has 1 atom stereocenters. The molecule has 0 bridgehead atoms. The molecule has 0 aliphatic carbocycles. The van der Waals surface area contributed by atoms with E-state index in [0.29, 0.717) is 16.3 Å². The maximum atomic E-state index is 12.7. The van der Waals surface area contributed by atoms with Crippen LogP contribution in [0.15, 0.2) is 18.2 Å². The van der Waals surface area contributed by atoms with Crippen molar-refractivity contribution in [1.29, 1.82) is 0 Å². The maximum Gasteiger partial charge on any atom is 0.170 e. The van der Waals surface area contributed by atoms with Gasteiger partial charge in [0, 0.05) is 5.02 Å². The average Bonchev–Trinajstić information content (AvgIpc) is 2.16. The second-order valence-corrected chi connectivity index (χ2v) is 4.36. The first kappa shape index (κ1) is 10.4. The van der Waals surface area contributed by atoms with Crippen LogP contribution in [-0.2, 0) is 0 Å². The van der Waals surface area contributed by atoms with E-state index in [1.54, 1.807) is 25.1 Å². The number of carbonyl (C=O) groups excluding carboxylic acids is 1. The minimum atomic E-state index is -1.05. The predicted molar refractivity (Wildman–Crippen MR) is 55.4 cm³/mol. The molecular formula is C11H10ClFO2. The lowest BCUT2D eigenvalue weighted by molar-refractivity contribution is 0.0357. The van der Waals surface area contributed by atoms with Gasteiger partial charge in [-0.15, -0.1) is 0 Å². The maximum absolute atomic E-state index is 12.7. The number of alkyl halides is 1. The van der Waals surface area contributed by atoms with Gasteiger partial charge < -0.3 is 4.74 Å². The van der Waals surface area contributed by atoms with Gasteiger partial charge in [-0.2, -0.15) is 0 Å². The number of rotatable bonds is 1. The first-order valence-electron chi connectivity index (χ1n) is 4.62. The van der Waals surface area contributed by atoms with Crippen LogP contribution in [0, 0.1) is 0 Å². The number of hydrogen-bond donors (Lipinski definition) is 0. The van der Waals surface area contributed by atoms with Gasteiger partial charge >= 0.3 is 0 Å². The summed E-state index contributed by atoms with van der Waals surface area (Å²) < 4.78 is 18.2. The summed E-state index contributed by atoms with van der Waals surface area (Å²) in [5.74, 6) is 0.270. The molecule has 0 fully saturated rings. The molecule has 0 unspecified atom stereocenters. The van der Waals surface area contributed by atoms with Crippen LogP contribution >= 0.6 is 11.6 Å². The van der Waals surface area contributed by atoms with E-state index >= 15 is 0 Å². The summed E-state index contributed by atoms with van der Waals surface area (Å²) in [7, 11) is 0. The highest BCUT2D eigenvalue weighted by Gasteiger charge is 2.36. The molecule has 2 nitrogen and oxygen atoms in total. The van der Waals surface area contributed by atoms with E-state index in [1.807, 2.05) is 0 Å². The Kier molecular flexibility index (Phi) is 2.43. The van der Waals surface area contributed by atoms with E-state index in [2.05, 4.69) is 0 Å². The zero-order chi connectivity index (χ0) is 11.1. The van der Waals surface area contributed by atoms with E-state index in [-0.39, 0.29) is 12.2 Å². The van der Waals surface area contributed by atoms with Crippen molar-refractivity contribution in [2.45, 2.75) is 18.9 Å². The van der Waals surface area contributed by atoms with Crippen molar-refractivity contribution in [2.75, 3.05) is 6.67 Å². The molecule has 1 heterocycles. The molecule has 0 aromatic heterocycles. The zero-order valence-corrected chi connectivity index (χ0v) is 8.97. The molecule has 0 amide bonds. The van der Waals surface area contributed by atoms with E-state index in [1.165, 1.54) is 0 Å². The third kappa shape index (κ3) is 1.84. The number of ether oxygens (including phenoxy) is 1. The van der Waals surface area contributed by atoms with Crippen LogP contribution in [0.3, 0.4) is 0 Å². The summed E-state index contributed by atoms with van der Waals surface area (Å²) in [6.07, 6.45) is 0.0676. The van der Waals surface area contributed by atoms with E-state index in [4.69, 9.17) is 16.3 Å². The van der Waals surface area contributed by atoms with Crippen molar-refractivity contribution < 1.29 is 13.9 Å². The number of fused-ring (bicyclic) bond motifs is 1. The second kappa shape index (κ2) is 3.49. The Hall–Kier alpha value is -1.09. The Morgan fingerprint density at radius 1 is 1.60 bits per heavy atom. The van der Waals surface area contributed by atoms with Crippen LogP contribution in [0.2, 0.25) is 5.02 Å². The monoisotopic (exact) mass is 228 g/mol. The molecule has 4 heteroatoms. The average molecular weight is 229 g/mol. The summed E-state index contributed by atoms with van der Waals surface area (Å²) in [5, 5.41) is 0.477.